The molecule has 2 aromatic rings. The summed E-state index contributed by atoms with van der Waals surface area (Å²) in [5.41, 5.74) is 2.27. The first kappa shape index (κ1) is 17.2. The Kier molecular flexibility index (Phi) is 6.08. The Morgan fingerprint density at radius 2 is 1.62 bits per heavy atom. The molecule has 2 aromatic carbocycles. The number of carbonyl (C=O) groups is 3. The Morgan fingerprint density at radius 1 is 0.958 bits per heavy atom. The van der Waals surface area contributed by atoms with Crippen LogP contribution in [0.4, 0.5) is 4.79 Å². The van der Waals surface area contributed by atoms with Crippen molar-refractivity contribution in [2.45, 2.75) is 13.5 Å². The molecule has 0 heterocycles. The fraction of sp³-hybridized carbons (Fsp3) is 0.167. The third kappa shape index (κ3) is 5.57. The van der Waals surface area contributed by atoms with E-state index in [0.29, 0.717) is 12.1 Å². The van der Waals surface area contributed by atoms with Gasteiger partial charge in [0.15, 0.2) is 6.61 Å². The highest BCUT2D eigenvalue weighted by Crippen LogP contribution is 2.04. The van der Waals surface area contributed by atoms with Gasteiger partial charge in [-0.3, -0.25) is 10.1 Å². The average molecular weight is 326 g/mol. The fourth-order valence-electron chi connectivity index (χ4n) is 1.89. The van der Waals surface area contributed by atoms with Gasteiger partial charge in [0, 0.05) is 6.54 Å². The van der Waals surface area contributed by atoms with Gasteiger partial charge in [-0.25, -0.2) is 9.59 Å². The van der Waals surface area contributed by atoms with Gasteiger partial charge in [0.05, 0.1) is 5.56 Å². The zero-order valence-electron chi connectivity index (χ0n) is 13.2. The molecule has 0 aromatic heterocycles. The number of nitrogens with one attached hydrogen (secondary N) is 2. The van der Waals surface area contributed by atoms with E-state index in [4.69, 9.17) is 4.74 Å². The summed E-state index contributed by atoms with van der Waals surface area (Å²) in [6.07, 6.45) is 0. The molecule has 0 unspecified atom stereocenters. The lowest BCUT2D eigenvalue weighted by Gasteiger charge is -2.07. The van der Waals surface area contributed by atoms with Crippen LogP contribution >= 0.6 is 0 Å². The van der Waals surface area contributed by atoms with Gasteiger partial charge in [-0.05, 0) is 24.6 Å². The van der Waals surface area contributed by atoms with Crippen molar-refractivity contribution in [2.75, 3.05) is 6.61 Å². The van der Waals surface area contributed by atoms with Gasteiger partial charge in [0.25, 0.3) is 5.91 Å². The number of ether oxygens (including phenoxy) is 1. The van der Waals surface area contributed by atoms with Gasteiger partial charge in [-0.1, -0.05) is 48.0 Å². The van der Waals surface area contributed by atoms with Crippen molar-refractivity contribution in [1.29, 1.82) is 0 Å². The summed E-state index contributed by atoms with van der Waals surface area (Å²) in [5, 5.41) is 4.64. The first-order valence-corrected chi connectivity index (χ1v) is 7.40. The molecule has 24 heavy (non-hydrogen) atoms. The number of urea groups is 1. The minimum absolute atomic E-state index is 0.295. The first-order chi connectivity index (χ1) is 11.5. The molecule has 0 aliphatic carbocycles. The number of aryl methyl sites for hydroxylation is 1. The van der Waals surface area contributed by atoms with Crippen LogP contribution in [0.5, 0.6) is 0 Å². The van der Waals surface area contributed by atoms with Crippen LogP contribution in [0.25, 0.3) is 0 Å². The second kappa shape index (κ2) is 8.47. The van der Waals surface area contributed by atoms with Crippen LogP contribution in [-0.2, 0) is 16.1 Å². The van der Waals surface area contributed by atoms with Gasteiger partial charge >= 0.3 is 12.0 Å². The van der Waals surface area contributed by atoms with E-state index in [2.05, 4.69) is 10.6 Å². The van der Waals surface area contributed by atoms with Crippen molar-refractivity contribution in [3.63, 3.8) is 0 Å². The van der Waals surface area contributed by atoms with Crippen molar-refractivity contribution in [3.05, 3.63) is 71.3 Å². The quantitative estimate of drug-likeness (QED) is 0.825. The molecule has 0 aliphatic heterocycles. The molecular weight excluding hydrogens is 308 g/mol. The minimum Gasteiger partial charge on any atom is -0.452 e. The van der Waals surface area contributed by atoms with Crippen LogP contribution in [0, 0.1) is 6.92 Å². The normalized spacial score (nSPS) is 9.88. The number of benzene rings is 2. The fourth-order valence-corrected chi connectivity index (χ4v) is 1.89. The van der Waals surface area contributed by atoms with Gasteiger partial charge in [0.1, 0.15) is 0 Å². The molecule has 124 valence electrons. The van der Waals surface area contributed by atoms with E-state index >= 15 is 0 Å². The molecule has 0 atom stereocenters. The van der Waals surface area contributed by atoms with E-state index in [1.807, 2.05) is 37.3 Å². The predicted molar refractivity (Wildman–Crippen MR) is 88.3 cm³/mol. The molecule has 2 rings (SSSR count). The molecule has 0 aliphatic rings. The monoisotopic (exact) mass is 326 g/mol. The van der Waals surface area contributed by atoms with Crippen molar-refractivity contribution in [1.82, 2.24) is 10.6 Å². The summed E-state index contributed by atoms with van der Waals surface area (Å²) < 4.78 is 4.86. The Morgan fingerprint density at radius 3 is 2.29 bits per heavy atom. The molecule has 3 amide bonds. The maximum absolute atomic E-state index is 11.8. The van der Waals surface area contributed by atoms with Crippen LogP contribution in [-0.4, -0.2) is 24.5 Å². The lowest BCUT2D eigenvalue weighted by atomic mass is 10.1. The van der Waals surface area contributed by atoms with Gasteiger partial charge < -0.3 is 10.1 Å². The van der Waals surface area contributed by atoms with Crippen LogP contribution in [0.3, 0.4) is 0 Å². The van der Waals surface area contributed by atoms with E-state index in [0.717, 1.165) is 11.1 Å². The molecule has 0 saturated heterocycles. The molecule has 6 nitrogen and oxygen atoms in total. The predicted octanol–water partition coefficient (Wildman–Crippen LogP) is 2.18. The molecule has 0 saturated carbocycles. The van der Waals surface area contributed by atoms with Crippen LogP contribution in [0.1, 0.15) is 21.5 Å². The number of hydrogen-bond donors (Lipinski definition) is 2. The maximum Gasteiger partial charge on any atom is 0.338 e. The number of rotatable bonds is 5. The smallest absolute Gasteiger partial charge is 0.338 e. The van der Waals surface area contributed by atoms with Gasteiger partial charge in [0.2, 0.25) is 0 Å². The first-order valence-electron chi connectivity index (χ1n) is 7.40. The third-order valence-electron chi connectivity index (χ3n) is 3.17. The van der Waals surface area contributed by atoms with Crippen LogP contribution in [0.15, 0.2) is 54.6 Å². The number of imide groups is 1. The van der Waals surface area contributed by atoms with Crippen molar-refractivity contribution < 1.29 is 19.1 Å². The highest BCUT2D eigenvalue weighted by Gasteiger charge is 2.12. The van der Waals surface area contributed by atoms with Crippen molar-refractivity contribution in [2.24, 2.45) is 0 Å². The van der Waals surface area contributed by atoms with E-state index in [1.165, 1.54) is 0 Å². The molecule has 0 bridgehead atoms. The summed E-state index contributed by atoms with van der Waals surface area (Å²) in [4.78, 5) is 35.0. The second-order valence-corrected chi connectivity index (χ2v) is 5.16. The Bertz CT molecular complexity index is 712. The lowest BCUT2D eigenvalue weighted by molar-refractivity contribution is -0.123. The number of carbonyl (C=O) groups excluding carboxylic acids is 3. The molecule has 6 heteroatoms. The van der Waals surface area contributed by atoms with Gasteiger partial charge in [-0.15, -0.1) is 0 Å². The zero-order valence-corrected chi connectivity index (χ0v) is 13.2. The van der Waals surface area contributed by atoms with Crippen molar-refractivity contribution >= 4 is 17.9 Å². The summed E-state index contributed by atoms with van der Waals surface area (Å²) in [6.45, 7) is 1.67. The topological polar surface area (TPSA) is 84.5 Å². The van der Waals surface area contributed by atoms with E-state index < -0.39 is 24.5 Å². The Hall–Kier alpha value is -3.15. The van der Waals surface area contributed by atoms with E-state index in [9.17, 15) is 14.4 Å². The van der Waals surface area contributed by atoms with Gasteiger partial charge in [-0.2, -0.15) is 0 Å². The lowest BCUT2D eigenvalue weighted by Crippen LogP contribution is -2.41. The second-order valence-electron chi connectivity index (χ2n) is 5.16. The summed E-state index contributed by atoms with van der Waals surface area (Å²) in [6, 6.07) is 15.4. The maximum atomic E-state index is 11.8. The highest BCUT2D eigenvalue weighted by atomic mass is 16.5. The standard InChI is InChI=1S/C18H18N2O4/c1-13-7-9-15(10-8-13)17(22)24-12-16(21)20-18(23)19-11-14-5-3-2-4-6-14/h2-10H,11-12H2,1H3,(H2,19,20,21,23). The Balaban J connectivity index is 1.71. The molecule has 0 spiro atoms. The molecule has 0 radical (unpaired) electrons. The highest BCUT2D eigenvalue weighted by molar-refractivity contribution is 5.97. The zero-order chi connectivity index (χ0) is 17.4. The number of amides is 3. The summed E-state index contributed by atoms with van der Waals surface area (Å²) >= 11 is 0. The molecule has 2 N–H and O–H groups in total. The minimum atomic E-state index is -0.693. The SMILES string of the molecule is Cc1ccc(C(=O)OCC(=O)NC(=O)NCc2ccccc2)cc1. The van der Waals surface area contributed by atoms with Crippen LogP contribution < -0.4 is 10.6 Å². The summed E-state index contributed by atoms with van der Waals surface area (Å²) in [7, 11) is 0. The molecule has 0 fully saturated rings. The molecular formula is C18H18N2O4. The average Bonchev–Trinajstić information content (AvgIpc) is 2.59. The largest absolute Gasteiger partial charge is 0.452 e. The summed E-state index contributed by atoms with van der Waals surface area (Å²) in [5.74, 6) is -1.31. The number of esters is 1. The van der Waals surface area contributed by atoms with Crippen LogP contribution in [0.2, 0.25) is 0 Å². The van der Waals surface area contributed by atoms with Crippen molar-refractivity contribution in [3.8, 4) is 0 Å². The third-order valence-corrected chi connectivity index (χ3v) is 3.17. The number of hydrogen-bond acceptors (Lipinski definition) is 4. The van der Waals surface area contributed by atoms with E-state index in [1.54, 1.807) is 24.3 Å². The van der Waals surface area contributed by atoms with E-state index in [-0.39, 0.29) is 0 Å². The Labute approximate surface area is 139 Å².